The van der Waals surface area contributed by atoms with Gasteiger partial charge in [0.2, 0.25) is 11.8 Å². The van der Waals surface area contributed by atoms with E-state index in [0.29, 0.717) is 0 Å². The molecule has 0 fully saturated rings. The summed E-state index contributed by atoms with van der Waals surface area (Å²) in [6, 6.07) is 7.84. The van der Waals surface area contributed by atoms with Gasteiger partial charge in [-0.2, -0.15) is 18.3 Å². The zero-order chi connectivity index (χ0) is 20.9. The third-order valence-electron chi connectivity index (χ3n) is 4.25. The lowest BCUT2D eigenvalue weighted by Crippen LogP contribution is -2.51. The molecule has 2 aromatic rings. The number of aryl methyl sites for hydroxylation is 1. The second-order valence-electron chi connectivity index (χ2n) is 6.26. The van der Waals surface area contributed by atoms with Gasteiger partial charge in [-0.15, -0.1) is 0 Å². The summed E-state index contributed by atoms with van der Waals surface area (Å²) in [5.74, 6) is -1.77. The maximum absolute atomic E-state index is 13.1. The number of amides is 2. The molecule has 1 aromatic heterocycles. The van der Waals surface area contributed by atoms with Crippen LogP contribution in [0.3, 0.4) is 0 Å². The lowest BCUT2D eigenvalue weighted by Gasteiger charge is -2.26. The fourth-order valence-corrected chi connectivity index (χ4v) is 2.97. The normalized spacial score (nSPS) is 13.6. The summed E-state index contributed by atoms with van der Waals surface area (Å²) in [7, 11) is 2.74. The van der Waals surface area contributed by atoms with Gasteiger partial charge in [-0.3, -0.25) is 14.3 Å². The Labute approximate surface area is 160 Å². The van der Waals surface area contributed by atoms with Gasteiger partial charge >= 0.3 is 6.18 Å². The second-order valence-corrected chi connectivity index (χ2v) is 6.26. The average Bonchev–Trinajstić information content (AvgIpc) is 3.02. The number of carbonyl (C=O) groups excluding carboxylic acids is 2. The van der Waals surface area contributed by atoms with Gasteiger partial charge in [0.05, 0.1) is 6.42 Å². The molecule has 0 aliphatic rings. The first kappa shape index (κ1) is 21.4. The van der Waals surface area contributed by atoms with Gasteiger partial charge in [0.15, 0.2) is 5.69 Å². The number of benzene rings is 1. The minimum Gasteiger partial charge on any atom is -0.357 e. The summed E-state index contributed by atoms with van der Waals surface area (Å²) in [5, 5.41) is 8.35. The summed E-state index contributed by atoms with van der Waals surface area (Å²) in [5.41, 5.74) is 5.15. The molecule has 2 atom stereocenters. The molecule has 1 heterocycles. The topological polar surface area (TPSA) is 102 Å². The summed E-state index contributed by atoms with van der Waals surface area (Å²) in [6.07, 6.45) is -4.11. The number of halogens is 3. The highest BCUT2D eigenvalue weighted by molar-refractivity contribution is 5.89. The van der Waals surface area contributed by atoms with Gasteiger partial charge in [-0.25, -0.2) is 0 Å². The van der Waals surface area contributed by atoms with Gasteiger partial charge < -0.3 is 16.4 Å². The van der Waals surface area contributed by atoms with Crippen LogP contribution in [0.4, 0.5) is 13.2 Å². The Balaban J connectivity index is 2.24. The van der Waals surface area contributed by atoms with Crippen molar-refractivity contribution in [2.75, 3.05) is 13.6 Å². The standard InChI is InChI=1S/C18H22F3N5O2/c1-23-17(28)15(13(9-22)11-6-4-3-5-7-11)24-14(27)8-12-10-26(2)25-16(12)18(19,20)21/h3-7,10,13,15H,8-9,22H2,1-2H3,(H,23,28)(H,24,27). The van der Waals surface area contributed by atoms with Gasteiger partial charge in [-0.05, 0) is 5.56 Å². The number of rotatable bonds is 7. The minimum absolute atomic E-state index is 0.0586. The lowest BCUT2D eigenvalue weighted by molar-refractivity contribution is -0.142. The zero-order valence-electron chi connectivity index (χ0n) is 15.5. The molecule has 2 amide bonds. The fourth-order valence-electron chi connectivity index (χ4n) is 2.97. The van der Waals surface area contributed by atoms with E-state index >= 15 is 0 Å². The Hall–Kier alpha value is -2.88. The number of nitrogens with two attached hydrogens (primary N) is 1. The van der Waals surface area contributed by atoms with Crippen LogP contribution in [-0.2, 0) is 29.2 Å². The Bertz CT molecular complexity index is 820. The van der Waals surface area contributed by atoms with Gasteiger partial charge in [0.1, 0.15) is 6.04 Å². The second kappa shape index (κ2) is 8.87. The van der Waals surface area contributed by atoms with Crippen LogP contribution in [0.15, 0.2) is 36.5 Å². The van der Waals surface area contributed by atoms with Crippen molar-refractivity contribution in [3.05, 3.63) is 53.3 Å². The smallest absolute Gasteiger partial charge is 0.357 e. The predicted octanol–water partition coefficient (Wildman–Crippen LogP) is 0.955. The fraction of sp³-hybridized carbons (Fsp3) is 0.389. The molecule has 4 N–H and O–H groups in total. The van der Waals surface area contributed by atoms with Crippen LogP contribution in [0.1, 0.15) is 22.7 Å². The molecule has 0 radical (unpaired) electrons. The lowest BCUT2D eigenvalue weighted by atomic mass is 9.90. The molecular formula is C18H22F3N5O2. The Morgan fingerprint density at radius 3 is 2.43 bits per heavy atom. The highest BCUT2D eigenvalue weighted by Crippen LogP contribution is 2.30. The molecule has 2 unspecified atom stereocenters. The van der Waals surface area contributed by atoms with Crippen LogP contribution < -0.4 is 16.4 Å². The molecule has 0 saturated heterocycles. The van der Waals surface area contributed by atoms with E-state index in [4.69, 9.17) is 5.73 Å². The van der Waals surface area contributed by atoms with Gasteiger partial charge in [-0.1, -0.05) is 30.3 Å². The SMILES string of the molecule is CNC(=O)C(NC(=O)Cc1cn(C)nc1C(F)(F)F)C(CN)c1ccccc1. The third-order valence-corrected chi connectivity index (χ3v) is 4.25. The van der Waals surface area contributed by atoms with Crippen molar-refractivity contribution in [3.8, 4) is 0 Å². The van der Waals surface area contributed by atoms with Crippen molar-refractivity contribution in [2.24, 2.45) is 12.8 Å². The Morgan fingerprint density at radius 2 is 1.89 bits per heavy atom. The van der Waals surface area contributed by atoms with Gasteiger partial charge in [0, 0.05) is 38.3 Å². The zero-order valence-corrected chi connectivity index (χ0v) is 15.5. The van der Waals surface area contributed by atoms with E-state index in [2.05, 4.69) is 15.7 Å². The maximum Gasteiger partial charge on any atom is 0.435 e. The van der Waals surface area contributed by atoms with E-state index in [1.54, 1.807) is 30.3 Å². The molecule has 1 aromatic carbocycles. The molecule has 0 aliphatic carbocycles. The molecule has 28 heavy (non-hydrogen) atoms. The number of hydrogen-bond acceptors (Lipinski definition) is 4. The summed E-state index contributed by atoms with van der Waals surface area (Å²) >= 11 is 0. The van der Waals surface area contributed by atoms with Crippen LogP contribution in [0, 0.1) is 0 Å². The maximum atomic E-state index is 13.1. The van der Waals surface area contributed by atoms with Crippen molar-refractivity contribution in [1.29, 1.82) is 0 Å². The van der Waals surface area contributed by atoms with Gasteiger partial charge in [0.25, 0.3) is 0 Å². The number of aromatic nitrogens is 2. The summed E-state index contributed by atoms with van der Waals surface area (Å²) < 4.78 is 40.2. The molecule has 152 valence electrons. The first-order valence-electron chi connectivity index (χ1n) is 8.53. The Kier molecular flexibility index (Phi) is 6.79. The quantitative estimate of drug-likeness (QED) is 0.648. The van der Waals surface area contributed by atoms with Crippen molar-refractivity contribution in [3.63, 3.8) is 0 Å². The Morgan fingerprint density at radius 1 is 1.25 bits per heavy atom. The number of nitrogens with one attached hydrogen (secondary N) is 2. The van der Waals surface area contributed by atoms with E-state index in [1.807, 2.05) is 0 Å². The number of alkyl halides is 3. The number of hydrogen-bond donors (Lipinski definition) is 3. The summed E-state index contributed by atoms with van der Waals surface area (Å²) in [4.78, 5) is 24.8. The van der Waals surface area contributed by atoms with E-state index in [1.165, 1.54) is 14.1 Å². The van der Waals surface area contributed by atoms with E-state index in [0.717, 1.165) is 16.4 Å². The van der Waals surface area contributed by atoms with Crippen LogP contribution in [-0.4, -0.2) is 41.2 Å². The molecule has 10 heteroatoms. The van der Waals surface area contributed by atoms with E-state index in [9.17, 15) is 22.8 Å². The van der Waals surface area contributed by atoms with Crippen LogP contribution >= 0.6 is 0 Å². The molecule has 0 saturated carbocycles. The third kappa shape index (κ3) is 5.10. The first-order chi connectivity index (χ1) is 13.2. The minimum atomic E-state index is -4.68. The van der Waals surface area contributed by atoms with Crippen molar-refractivity contribution in [1.82, 2.24) is 20.4 Å². The molecule has 2 rings (SSSR count). The number of nitrogens with zero attached hydrogens (tertiary/aromatic N) is 2. The largest absolute Gasteiger partial charge is 0.435 e. The number of likely N-dealkylation sites (N-methyl/N-ethyl adjacent to an activating group) is 1. The van der Waals surface area contributed by atoms with Crippen LogP contribution in [0.25, 0.3) is 0 Å². The van der Waals surface area contributed by atoms with Crippen molar-refractivity contribution in [2.45, 2.75) is 24.6 Å². The molecule has 0 spiro atoms. The molecular weight excluding hydrogens is 375 g/mol. The monoisotopic (exact) mass is 397 g/mol. The van der Waals surface area contributed by atoms with Crippen molar-refractivity contribution >= 4 is 11.8 Å². The average molecular weight is 397 g/mol. The molecule has 0 bridgehead atoms. The molecule has 0 aliphatic heterocycles. The van der Waals surface area contributed by atoms with E-state index < -0.39 is 42.1 Å². The van der Waals surface area contributed by atoms with Crippen LogP contribution in [0.2, 0.25) is 0 Å². The first-order valence-corrected chi connectivity index (χ1v) is 8.53. The van der Waals surface area contributed by atoms with Crippen molar-refractivity contribution < 1.29 is 22.8 Å². The molecule has 7 nitrogen and oxygen atoms in total. The highest BCUT2D eigenvalue weighted by atomic mass is 19.4. The van der Waals surface area contributed by atoms with E-state index in [-0.39, 0.29) is 12.1 Å². The summed E-state index contributed by atoms with van der Waals surface area (Å²) in [6.45, 7) is 0.0586. The van der Waals surface area contributed by atoms with Crippen LogP contribution in [0.5, 0.6) is 0 Å². The highest BCUT2D eigenvalue weighted by Gasteiger charge is 2.38. The predicted molar refractivity (Wildman–Crippen MR) is 96.1 cm³/mol. The number of carbonyl (C=O) groups is 2.